The second kappa shape index (κ2) is 5.24. The molecule has 1 unspecified atom stereocenters. The minimum atomic E-state index is -0.224. The van der Waals surface area contributed by atoms with Gasteiger partial charge in [-0.05, 0) is 43.5 Å². The zero-order valence-electron chi connectivity index (χ0n) is 11.1. The Morgan fingerprint density at radius 2 is 2.22 bits per heavy atom. The molecule has 100 valence electrons. The summed E-state index contributed by atoms with van der Waals surface area (Å²) in [6, 6.07) is 5.02. The van der Waals surface area contributed by atoms with Crippen LogP contribution < -0.4 is 10.6 Å². The third kappa shape index (κ3) is 2.82. The maximum Gasteiger partial charge on any atom is 0.125 e. The Hall–Kier alpha value is -1.13. The Labute approximate surface area is 108 Å². The molecule has 0 aliphatic carbocycles. The number of piperidine rings is 1. The van der Waals surface area contributed by atoms with E-state index >= 15 is 0 Å². The van der Waals surface area contributed by atoms with Gasteiger partial charge in [-0.3, -0.25) is 0 Å². The molecule has 0 aromatic heterocycles. The van der Waals surface area contributed by atoms with E-state index in [2.05, 4.69) is 11.8 Å². The van der Waals surface area contributed by atoms with Crippen molar-refractivity contribution < 1.29 is 9.13 Å². The van der Waals surface area contributed by atoms with Crippen LogP contribution in [0.25, 0.3) is 0 Å². The lowest BCUT2D eigenvalue weighted by molar-refractivity contribution is -0.00466. The van der Waals surface area contributed by atoms with Crippen LogP contribution in [0.5, 0.6) is 0 Å². The highest BCUT2D eigenvalue weighted by Gasteiger charge is 2.31. The molecule has 2 N–H and O–H groups in total. The van der Waals surface area contributed by atoms with Crippen LogP contribution in [0.3, 0.4) is 0 Å². The summed E-state index contributed by atoms with van der Waals surface area (Å²) in [7, 11) is 1.74. The van der Waals surface area contributed by atoms with Crippen LogP contribution >= 0.6 is 0 Å². The molecule has 0 spiro atoms. The number of anilines is 1. The zero-order chi connectivity index (χ0) is 13.2. The van der Waals surface area contributed by atoms with Gasteiger partial charge >= 0.3 is 0 Å². The molecule has 0 bridgehead atoms. The van der Waals surface area contributed by atoms with Gasteiger partial charge in [-0.1, -0.05) is 0 Å². The van der Waals surface area contributed by atoms with Crippen molar-refractivity contribution in [3.05, 3.63) is 29.6 Å². The Morgan fingerprint density at radius 1 is 1.44 bits per heavy atom. The Morgan fingerprint density at radius 3 is 2.89 bits per heavy atom. The number of halogens is 1. The standard InChI is InChI=1S/C14H21FN2O/c1-14(18-2)4-3-5-17(10-14)13-7-11(9-16)6-12(15)8-13/h6-8H,3-5,9-10,16H2,1-2H3. The average Bonchev–Trinajstić information content (AvgIpc) is 2.38. The molecule has 1 aliphatic rings. The second-order valence-corrected chi connectivity index (χ2v) is 5.20. The maximum atomic E-state index is 13.5. The van der Waals surface area contributed by atoms with Gasteiger partial charge in [0, 0.05) is 32.4 Å². The van der Waals surface area contributed by atoms with E-state index in [-0.39, 0.29) is 11.4 Å². The SMILES string of the molecule is COC1(C)CCCN(c2cc(F)cc(CN)c2)C1. The highest BCUT2D eigenvalue weighted by Crippen LogP contribution is 2.29. The van der Waals surface area contributed by atoms with E-state index in [4.69, 9.17) is 10.5 Å². The molecule has 1 aromatic rings. The fourth-order valence-corrected chi connectivity index (χ4v) is 2.53. The summed E-state index contributed by atoms with van der Waals surface area (Å²) in [5, 5.41) is 0. The summed E-state index contributed by atoms with van der Waals surface area (Å²) in [5.74, 6) is -0.224. The molecule has 3 nitrogen and oxygen atoms in total. The van der Waals surface area contributed by atoms with Crippen molar-refractivity contribution in [3.63, 3.8) is 0 Å². The fourth-order valence-electron chi connectivity index (χ4n) is 2.53. The molecule has 18 heavy (non-hydrogen) atoms. The zero-order valence-corrected chi connectivity index (χ0v) is 11.1. The van der Waals surface area contributed by atoms with Crippen molar-refractivity contribution in [2.24, 2.45) is 5.73 Å². The summed E-state index contributed by atoms with van der Waals surface area (Å²) in [4.78, 5) is 2.18. The lowest BCUT2D eigenvalue weighted by atomic mass is 9.94. The van der Waals surface area contributed by atoms with E-state index in [0.29, 0.717) is 6.54 Å². The smallest absolute Gasteiger partial charge is 0.125 e. The first-order valence-electron chi connectivity index (χ1n) is 6.36. The first kappa shape index (κ1) is 13.3. The van der Waals surface area contributed by atoms with E-state index in [0.717, 1.165) is 37.2 Å². The highest BCUT2D eigenvalue weighted by molar-refractivity contribution is 5.50. The van der Waals surface area contributed by atoms with Gasteiger partial charge < -0.3 is 15.4 Å². The van der Waals surface area contributed by atoms with E-state index in [1.165, 1.54) is 6.07 Å². The maximum absolute atomic E-state index is 13.5. The number of benzene rings is 1. The van der Waals surface area contributed by atoms with Crippen LogP contribution in [0.15, 0.2) is 18.2 Å². The molecule has 4 heteroatoms. The highest BCUT2D eigenvalue weighted by atomic mass is 19.1. The van der Waals surface area contributed by atoms with Gasteiger partial charge in [0.25, 0.3) is 0 Å². The molecule has 0 saturated carbocycles. The Kier molecular flexibility index (Phi) is 3.88. The normalized spacial score (nSPS) is 24.3. The molecule has 0 radical (unpaired) electrons. The van der Waals surface area contributed by atoms with Gasteiger partial charge in [0.2, 0.25) is 0 Å². The molecule has 1 fully saturated rings. The summed E-state index contributed by atoms with van der Waals surface area (Å²) in [6.45, 7) is 4.19. The summed E-state index contributed by atoms with van der Waals surface area (Å²) >= 11 is 0. The molecular weight excluding hydrogens is 231 g/mol. The van der Waals surface area contributed by atoms with Crippen LogP contribution in [-0.2, 0) is 11.3 Å². The van der Waals surface area contributed by atoms with Gasteiger partial charge in [0.05, 0.1) is 5.60 Å². The van der Waals surface area contributed by atoms with Crippen LogP contribution in [-0.4, -0.2) is 25.8 Å². The quantitative estimate of drug-likeness (QED) is 0.897. The molecular formula is C14H21FN2O. The topological polar surface area (TPSA) is 38.5 Å². The van der Waals surface area contributed by atoms with Crippen molar-refractivity contribution in [2.75, 3.05) is 25.1 Å². The summed E-state index contributed by atoms with van der Waals surface area (Å²) in [6.07, 6.45) is 2.10. The lowest BCUT2D eigenvalue weighted by Crippen LogP contribution is -2.47. The van der Waals surface area contributed by atoms with Gasteiger partial charge in [-0.25, -0.2) is 4.39 Å². The average molecular weight is 252 g/mol. The minimum Gasteiger partial charge on any atom is -0.377 e. The molecule has 1 heterocycles. The third-order valence-electron chi connectivity index (χ3n) is 3.69. The Balaban J connectivity index is 2.23. The van der Waals surface area contributed by atoms with Crippen LogP contribution in [0.4, 0.5) is 10.1 Å². The van der Waals surface area contributed by atoms with Crippen molar-refractivity contribution in [1.29, 1.82) is 0 Å². The van der Waals surface area contributed by atoms with Crippen LogP contribution in [0.2, 0.25) is 0 Å². The first-order valence-corrected chi connectivity index (χ1v) is 6.36. The van der Waals surface area contributed by atoms with Gasteiger partial charge in [-0.2, -0.15) is 0 Å². The second-order valence-electron chi connectivity index (χ2n) is 5.20. The van der Waals surface area contributed by atoms with Crippen molar-refractivity contribution in [1.82, 2.24) is 0 Å². The predicted molar refractivity (Wildman–Crippen MR) is 71.2 cm³/mol. The number of methoxy groups -OCH3 is 1. The first-order chi connectivity index (χ1) is 8.56. The lowest BCUT2D eigenvalue weighted by Gasteiger charge is -2.40. The number of rotatable bonds is 3. The van der Waals surface area contributed by atoms with E-state index in [9.17, 15) is 4.39 Å². The monoisotopic (exact) mass is 252 g/mol. The Bertz CT molecular complexity index is 424. The van der Waals surface area contributed by atoms with Crippen LogP contribution in [0, 0.1) is 5.82 Å². The minimum absolute atomic E-state index is 0.145. The van der Waals surface area contributed by atoms with Gasteiger partial charge in [0.15, 0.2) is 0 Å². The number of nitrogens with two attached hydrogens (primary N) is 1. The number of ether oxygens (including phenoxy) is 1. The van der Waals surface area contributed by atoms with E-state index in [1.54, 1.807) is 13.2 Å². The molecule has 1 aliphatic heterocycles. The van der Waals surface area contributed by atoms with E-state index < -0.39 is 0 Å². The molecule has 2 rings (SSSR count). The number of hydrogen-bond donors (Lipinski definition) is 1. The fraction of sp³-hybridized carbons (Fsp3) is 0.571. The van der Waals surface area contributed by atoms with Gasteiger partial charge in [-0.15, -0.1) is 0 Å². The predicted octanol–water partition coefficient (Wildman–Crippen LogP) is 2.29. The van der Waals surface area contributed by atoms with E-state index in [1.807, 2.05) is 6.07 Å². The molecule has 1 saturated heterocycles. The molecule has 1 aromatic carbocycles. The van der Waals surface area contributed by atoms with Crippen molar-refractivity contribution >= 4 is 5.69 Å². The van der Waals surface area contributed by atoms with Crippen LogP contribution in [0.1, 0.15) is 25.3 Å². The summed E-state index contributed by atoms with van der Waals surface area (Å²) < 4.78 is 19.1. The molecule has 0 amide bonds. The number of nitrogens with zero attached hydrogens (tertiary/aromatic N) is 1. The molecule has 1 atom stereocenters. The number of hydrogen-bond acceptors (Lipinski definition) is 3. The third-order valence-corrected chi connectivity index (χ3v) is 3.69. The largest absolute Gasteiger partial charge is 0.377 e. The summed E-state index contributed by atoms with van der Waals surface area (Å²) in [5.41, 5.74) is 7.17. The van der Waals surface area contributed by atoms with Gasteiger partial charge in [0.1, 0.15) is 5.82 Å². The van der Waals surface area contributed by atoms with Crippen molar-refractivity contribution in [3.8, 4) is 0 Å². The van der Waals surface area contributed by atoms with Crippen molar-refractivity contribution in [2.45, 2.75) is 31.9 Å².